The number of nitro groups is 1. The molecule has 0 bridgehead atoms. The summed E-state index contributed by atoms with van der Waals surface area (Å²) >= 11 is 0. The molecule has 0 spiro atoms. The lowest BCUT2D eigenvalue weighted by Crippen LogP contribution is -2.20. The minimum Gasteiger partial charge on any atom is -0.464 e. The Labute approximate surface area is 136 Å². The quantitative estimate of drug-likeness (QED) is 0.473. The van der Waals surface area contributed by atoms with Gasteiger partial charge in [-0.05, 0) is 13.8 Å². The van der Waals surface area contributed by atoms with Crippen molar-refractivity contribution in [2.45, 2.75) is 26.9 Å². The van der Waals surface area contributed by atoms with Gasteiger partial charge in [-0.3, -0.25) is 24.3 Å². The summed E-state index contributed by atoms with van der Waals surface area (Å²) in [6.07, 6.45) is 2.46. The van der Waals surface area contributed by atoms with Crippen LogP contribution in [0, 0.1) is 10.1 Å². The fourth-order valence-corrected chi connectivity index (χ4v) is 2.09. The molecule has 0 radical (unpaired) electrons. The topological polar surface area (TPSA) is 134 Å². The predicted octanol–water partition coefficient (Wildman–Crippen LogP) is 1.07. The molecule has 2 heterocycles. The van der Waals surface area contributed by atoms with Crippen LogP contribution < -0.4 is 5.32 Å². The van der Waals surface area contributed by atoms with Crippen LogP contribution in [0.5, 0.6) is 0 Å². The molecule has 24 heavy (non-hydrogen) atoms. The van der Waals surface area contributed by atoms with Crippen LogP contribution in [0.1, 0.15) is 34.8 Å². The summed E-state index contributed by atoms with van der Waals surface area (Å²) in [4.78, 5) is 34.6. The van der Waals surface area contributed by atoms with Gasteiger partial charge in [0, 0.05) is 19.3 Å². The molecule has 0 aliphatic rings. The van der Waals surface area contributed by atoms with Crippen LogP contribution in [0.15, 0.2) is 12.4 Å². The number of hydrogen-bond acceptors (Lipinski definition) is 7. The van der Waals surface area contributed by atoms with Crippen molar-refractivity contribution >= 4 is 23.3 Å². The molecule has 0 saturated carbocycles. The Morgan fingerprint density at radius 1 is 1.38 bits per heavy atom. The van der Waals surface area contributed by atoms with Gasteiger partial charge in [0.15, 0.2) is 5.69 Å². The van der Waals surface area contributed by atoms with Crippen molar-refractivity contribution in [3.63, 3.8) is 0 Å². The van der Waals surface area contributed by atoms with Crippen molar-refractivity contribution in [1.82, 2.24) is 19.6 Å². The highest BCUT2D eigenvalue weighted by atomic mass is 16.6. The first kappa shape index (κ1) is 17.1. The number of anilines is 1. The number of methoxy groups -OCH3 is 1. The minimum atomic E-state index is -0.762. The maximum Gasteiger partial charge on any atom is 0.360 e. The van der Waals surface area contributed by atoms with E-state index in [-0.39, 0.29) is 23.6 Å². The zero-order valence-electron chi connectivity index (χ0n) is 13.3. The van der Waals surface area contributed by atoms with E-state index in [1.807, 2.05) is 0 Å². The first-order valence-electron chi connectivity index (χ1n) is 7.10. The van der Waals surface area contributed by atoms with Gasteiger partial charge in [0.1, 0.15) is 6.20 Å². The number of carbonyl (C=O) groups excluding carboxylic acids is 2. The van der Waals surface area contributed by atoms with E-state index in [1.165, 1.54) is 22.7 Å². The fourth-order valence-electron chi connectivity index (χ4n) is 2.09. The summed E-state index contributed by atoms with van der Waals surface area (Å²) in [6.45, 7) is 4.24. The Balaban J connectivity index is 2.40. The summed E-state index contributed by atoms with van der Waals surface area (Å²) in [5.41, 5.74) is -0.607. The molecule has 128 valence electrons. The smallest absolute Gasteiger partial charge is 0.360 e. The average Bonchev–Trinajstić information content (AvgIpc) is 3.17. The van der Waals surface area contributed by atoms with Crippen LogP contribution >= 0.6 is 0 Å². The van der Waals surface area contributed by atoms with Crippen molar-refractivity contribution < 1.29 is 19.2 Å². The molecule has 2 rings (SSSR count). The van der Waals surface area contributed by atoms with E-state index in [9.17, 15) is 19.7 Å². The Morgan fingerprint density at radius 2 is 2.08 bits per heavy atom. The maximum absolute atomic E-state index is 12.5. The first-order valence-corrected chi connectivity index (χ1v) is 7.10. The first-order chi connectivity index (χ1) is 11.4. The van der Waals surface area contributed by atoms with Gasteiger partial charge < -0.3 is 10.1 Å². The zero-order valence-corrected chi connectivity index (χ0v) is 13.3. The molecule has 0 aliphatic heterocycles. The second kappa shape index (κ2) is 6.89. The minimum absolute atomic E-state index is 0.0853. The predicted molar refractivity (Wildman–Crippen MR) is 81.7 cm³/mol. The van der Waals surface area contributed by atoms with Crippen molar-refractivity contribution in [3.8, 4) is 0 Å². The Kier molecular flexibility index (Phi) is 4.92. The average molecular weight is 336 g/mol. The van der Waals surface area contributed by atoms with E-state index >= 15 is 0 Å². The molecule has 11 nitrogen and oxygen atoms in total. The van der Waals surface area contributed by atoms with Crippen molar-refractivity contribution in [3.05, 3.63) is 33.9 Å². The van der Waals surface area contributed by atoms with Crippen molar-refractivity contribution in [1.29, 1.82) is 0 Å². The number of esters is 1. The summed E-state index contributed by atoms with van der Waals surface area (Å²) in [7, 11) is 1.19. The number of rotatable bonds is 6. The third-order valence-corrected chi connectivity index (χ3v) is 3.24. The van der Waals surface area contributed by atoms with E-state index < -0.39 is 22.5 Å². The maximum atomic E-state index is 12.5. The molecular formula is C13H16N6O5. The van der Waals surface area contributed by atoms with Gasteiger partial charge in [0.2, 0.25) is 5.69 Å². The van der Waals surface area contributed by atoms with Gasteiger partial charge in [-0.2, -0.15) is 10.2 Å². The SMILES string of the molecule is CCn1cc(NC(=O)c2c([N+](=O)[O-])cnn2CC)c(C(=O)OC)n1. The van der Waals surface area contributed by atoms with Crippen molar-refractivity contribution in [2.24, 2.45) is 0 Å². The lowest BCUT2D eigenvalue weighted by Gasteiger charge is -2.06. The lowest BCUT2D eigenvalue weighted by atomic mass is 10.3. The molecule has 0 aromatic carbocycles. The number of amides is 1. The van der Waals surface area contributed by atoms with Gasteiger partial charge in [0.05, 0.1) is 17.7 Å². The van der Waals surface area contributed by atoms with Crippen molar-refractivity contribution in [2.75, 3.05) is 12.4 Å². The van der Waals surface area contributed by atoms with E-state index in [2.05, 4.69) is 20.3 Å². The molecule has 0 atom stereocenters. The molecule has 0 fully saturated rings. The van der Waals surface area contributed by atoms with Gasteiger partial charge >= 0.3 is 11.7 Å². The van der Waals surface area contributed by atoms with Crippen LogP contribution in [-0.4, -0.2) is 43.5 Å². The number of nitrogens with one attached hydrogen (secondary N) is 1. The third kappa shape index (κ3) is 3.09. The number of aryl methyl sites for hydroxylation is 2. The van der Waals surface area contributed by atoms with Crippen LogP contribution in [0.3, 0.4) is 0 Å². The Morgan fingerprint density at radius 3 is 2.62 bits per heavy atom. The monoisotopic (exact) mass is 336 g/mol. The van der Waals surface area contributed by atoms with Crippen LogP contribution in [-0.2, 0) is 17.8 Å². The van der Waals surface area contributed by atoms with Crippen LogP contribution in [0.4, 0.5) is 11.4 Å². The second-order valence-corrected chi connectivity index (χ2v) is 4.64. The number of carbonyl (C=O) groups is 2. The number of ether oxygens (including phenoxy) is 1. The van der Waals surface area contributed by atoms with E-state index in [4.69, 9.17) is 0 Å². The van der Waals surface area contributed by atoms with Gasteiger partial charge in [-0.25, -0.2) is 4.79 Å². The summed E-state index contributed by atoms with van der Waals surface area (Å²) < 4.78 is 7.26. The van der Waals surface area contributed by atoms with Gasteiger partial charge in [-0.15, -0.1) is 0 Å². The van der Waals surface area contributed by atoms with Crippen LogP contribution in [0.25, 0.3) is 0 Å². The second-order valence-electron chi connectivity index (χ2n) is 4.64. The summed E-state index contributed by atoms with van der Waals surface area (Å²) in [5, 5.41) is 21.3. The largest absolute Gasteiger partial charge is 0.464 e. The molecule has 2 aromatic heterocycles. The molecule has 11 heteroatoms. The van der Waals surface area contributed by atoms with Gasteiger partial charge in [-0.1, -0.05) is 0 Å². The molecule has 1 N–H and O–H groups in total. The standard InChI is InChI=1S/C13H16N6O5/c1-4-17-7-8(10(16-17)13(21)24-3)15-12(20)11-9(19(22)23)6-14-18(11)5-2/h6-7H,4-5H2,1-3H3,(H,15,20). The third-order valence-electron chi connectivity index (χ3n) is 3.24. The molecule has 1 amide bonds. The van der Waals surface area contributed by atoms with E-state index in [0.717, 1.165) is 6.20 Å². The fraction of sp³-hybridized carbons (Fsp3) is 0.385. The highest BCUT2D eigenvalue weighted by molar-refractivity contribution is 6.08. The van der Waals surface area contributed by atoms with Gasteiger partial charge in [0.25, 0.3) is 5.91 Å². The molecule has 0 saturated heterocycles. The highest BCUT2D eigenvalue weighted by Crippen LogP contribution is 2.21. The molecule has 2 aromatic rings. The molecule has 0 unspecified atom stereocenters. The number of aromatic nitrogens is 4. The molecular weight excluding hydrogens is 320 g/mol. The highest BCUT2D eigenvalue weighted by Gasteiger charge is 2.28. The Bertz CT molecular complexity index is 793. The zero-order chi connectivity index (χ0) is 17.9. The number of nitrogens with zero attached hydrogens (tertiary/aromatic N) is 5. The lowest BCUT2D eigenvalue weighted by molar-refractivity contribution is -0.385. The van der Waals surface area contributed by atoms with E-state index in [1.54, 1.807) is 13.8 Å². The number of hydrogen-bond donors (Lipinski definition) is 1. The van der Waals surface area contributed by atoms with Crippen LogP contribution in [0.2, 0.25) is 0 Å². The summed E-state index contributed by atoms with van der Waals surface area (Å²) in [5.74, 6) is -1.49. The normalized spacial score (nSPS) is 10.5. The Hall–Kier alpha value is -3.24. The summed E-state index contributed by atoms with van der Waals surface area (Å²) in [6, 6.07) is 0. The molecule has 0 aliphatic carbocycles. The van der Waals surface area contributed by atoms with E-state index in [0.29, 0.717) is 6.54 Å².